The first-order valence-electron chi connectivity index (χ1n) is 3.96. The van der Waals surface area contributed by atoms with Crippen LogP contribution in [0.1, 0.15) is 19.3 Å². The highest BCUT2D eigenvalue weighted by atomic mass is 16.7. The minimum absolute atomic E-state index is 0.435. The van der Waals surface area contributed by atoms with E-state index in [0.717, 1.165) is 25.3 Å². The molecule has 66 valence electrons. The lowest BCUT2D eigenvalue weighted by molar-refractivity contribution is -0.163. The standard InChI is InChI=1S/C9H12O3/c1-2-8(10)12-9-6-4-3-5-7-11-9/h2,5,7,9H,1,3-4,6H2. The highest BCUT2D eigenvalue weighted by Gasteiger charge is 2.12. The van der Waals surface area contributed by atoms with Crippen LogP contribution in [0, 0.1) is 0 Å². The Hall–Kier alpha value is -1.25. The van der Waals surface area contributed by atoms with Crippen LogP contribution in [-0.4, -0.2) is 12.3 Å². The summed E-state index contributed by atoms with van der Waals surface area (Å²) in [6, 6.07) is 0. The maximum Gasteiger partial charge on any atom is 0.333 e. The van der Waals surface area contributed by atoms with Crippen LogP contribution in [0.4, 0.5) is 0 Å². The third kappa shape index (κ3) is 2.78. The molecule has 1 rings (SSSR count). The van der Waals surface area contributed by atoms with E-state index in [2.05, 4.69) is 6.58 Å². The van der Waals surface area contributed by atoms with E-state index in [-0.39, 0.29) is 0 Å². The molecule has 3 heteroatoms. The zero-order valence-electron chi connectivity index (χ0n) is 6.86. The molecule has 0 aromatic rings. The first-order valence-corrected chi connectivity index (χ1v) is 3.96. The molecule has 0 aromatic carbocycles. The molecule has 0 aliphatic carbocycles. The highest BCUT2D eigenvalue weighted by Crippen LogP contribution is 2.12. The van der Waals surface area contributed by atoms with Gasteiger partial charge in [-0.1, -0.05) is 6.58 Å². The summed E-state index contributed by atoms with van der Waals surface area (Å²) < 4.78 is 9.99. The number of allylic oxidation sites excluding steroid dienone is 1. The Kier molecular flexibility index (Phi) is 3.38. The second-order valence-electron chi connectivity index (χ2n) is 2.51. The molecule has 1 heterocycles. The molecule has 0 saturated heterocycles. The second kappa shape index (κ2) is 4.59. The van der Waals surface area contributed by atoms with Crippen LogP contribution in [0.3, 0.4) is 0 Å². The third-order valence-electron chi connectivity index (χ3n) is 1.55. The number of hydrogen-bond acceptors (Lipinski definition) is 3. The number of ether oxygens (including phenoxy) is 2. The maximum atomic E-state index is 10.7. The molecular formula is C9H12O3. The van der Waals surface area contributed by atoms with E-state index >= 15 is 0 Å². The summed E-state index contributed by atoms with van der Waals surface area (Å²) in [5, 5.41) is 0. The van der Waals surface area contributed by atoms with E-state index in [1.54, 1.807) is 6.26 Å². The van der Waals surface area contributed by atoms with Crippen LogP contribution in [0.15, 0.2) is 25.0 Å². The van der Waals surface area contributed by atoms with Crippen molar-refractivity contribution < 1.29 is 14.3 Å². The zero-order valence-corrected chi connectivity index (χ0v) is 6.86. The van der Waals surface area contributed by atoms with Gasteiger partial charge in [0.05, 0.1) is 6.26 Å². The Bertz CT molecular complexity index is 196. The largest absolute Gasteiger partial charge is 0.463 e. The Labute approximate surface area is 71.7 Å². The van der Waals surface area contributed by atoms with E-state index in [1.165, 1.54) is 0 Å². The van der Waals surface area contributed by atoms with Gasteiger partial charge in [-0.2, -0.15) is 0 Å². The normalized spacial score (nSPS) is 22.2. The molecule has 0 radical (unpaired) electrons. The van der Waals surface area contributed by atoms with Gasteiger partial charge in [0.15, 0.2) is 0 Å². The molecule has 1 aliphatic rings. The number of hydrogen-bond donors (Lipinski definition) is 0. The van der Waals surface area contributed by atoms with Crippen molar-refractivity contribution in [1.82, 2.24) is 0 Å². The van der Waals surface area contributed by atoms with Crippen LogP contribution in [0.5, 0.6) is 0 Å². The van der Waals surface area contributed by atoms with E-state index in [0.29, 0.717) is 0 Å². The van der Waals surface area contributed by atoms with Crippen molar-refractivity contribution in [2.75, 3.05) is 0 Å². The number of carbonyl (C=O) groups excluding carboxylic acids is 1. The van der Waals surface area contributed by atoms with E-state index < -0.39 is 12.3 Å². The van der Waals surface area contributed by atoms with Gasteiger partial charge in [-0.25, -0.2) is 4.79 Å². The first-order chi connectivity index (χ1) is 5.83. The summed E-state index contributed by atoms with van der Waals surface area (Å²) in [5.41, 5.74) is 0. The molecule has 0 spiro atoms. The monoisotopic (exact) mass is 168 g/mol. The van der Waals surface area contributed by atoms with Crippen molar-refractivity contribution in [1.29, 1.82) is 0 Å². The summed E-state index contributed by atoms with van der Waals surface area (Å²) in [7, 11) is 0. The predicted molar refractivity (Wildman–Crippen MR) is 44.2 cm³/mol. The summed E-state index contributed by atoms with van der Waals surface area (Å²) in [4.78, 5) is 10.7. The molecule has 0 bridgehead atoms. The summed E-state index contributed by atoms with van der Waals surface area (Å²) in [5.74, 6) is -0.435. The van der Waals surface area contributed by atoms with Crippen molar-refractivity contribution in [3.05, 3.63) is 25.0 Å². The minimum atomic E-state index is -0.436. The average molecular weight is 168 g/mol. The minimum Gasteiger partial charge on any atom is -0.463 e. The van der Waals surface area contributed by atoms with Crippen molar-refractivity contribution in [3.63, 3.8) is 0 Å². The second-order valence-corrected chi connectivity index (χ2v) is 2.51. The Morgan fingerprint density at radius 2 is 2.58 bits per heavy atom. The number of esters is 1. The van der Waals surface area contributed by atoms with Crippen molar-refractivity contribution in [2.45, 2.75) is 25.6 Å². The van der Waals surface area contributed by atoms with E-state index in [9.17, 15) is 4.79 Å². The Morgan fingerprint density at radius 1 is 1.75 bits per heavy atom. The quantitative estimate of drug-likeness (QED) is 0.465. The smallest absolute Gasteiger partial charge is 0.333 e. The maximum absolute atomic E-state index is 10.7. The fraction of sp³-hybridized carbons (Fsp3) is 0.444. The van der Waals surface area contributed by atoms with E-state index in [4.69, 9.17) is 9.47 Å². The van der Waals surface area contributed by atoms with Crippen LogP contribution in [-0.2, 0) is 14.3 Å². The van der Waals surface area contributed by atoms with Crippen molar-refractivity contribution in [2.24, 2.45) is 0 Å². The van der Waals surface area contributed by atoms with Gasteiger partial charge in [-0.15, -0.1) is 0 Å². The summed E-state index contributed by atoms with van der Waals surface area (Å²) >= 11 is 0. The lowest BCUT2D eigenvalue weighted by Gasteiger charge is -2.13. The Balaban J connectivity index is 2.35. The number of rotatable bonds is 2. The SMILES string of the molecule is C=CC(=O)OC1CCCC=CO1. The first kappa shape index (κ1) is 8.84. The molecule has 0 saturated carbocycles. The van der Waals surface area contributed by atoms with Gasteiger partial charge in [0.2, 0.25) is 6.29 Å². The van der Waals surface area contributed by atoms with Gasteiger partial charge in [-0.3, -0.25) is 0 Å². The summed E-state index contributed by atoms with van der Waals surface area (Å²) in [6.45, 7) is 3.30. The van der Waals surface area contributed by atoms with Gasteiger partial charge in [0.25, 0.3) is 0 Å². The molecular weight excluding hydrogens is 156 g/mol. The van der Waals surface area contributed by atoms with E-state index in [1.807, 2.05) is 6.08 Å². The van der Waals surface area contributed by atoms with Crippen molar-refractivity contribution >= 4 is 5.97 Å². The van der Waals surface area contributed by atoms with Crippen LogP contribution in [0.25, 0.3) is 0 Å². The van der Waals surface area contributed by atoms with Gasteiger partial charge in [0, 0.05) is 12.5 Å². The molecule has 1 atom stereocenters. The molecule has 1 unspecified atom stereocenters. The Morgan fingerprint density at radius 3 is 3.33 bits per heavy atom. The fourth-order valence-electron chi connectivity index (χ4n) is 0.946. The zero-order chi connectivity index (χ0) is 8.81. The number of carbonyl (C=O) groups is 1. The predicted octanol–water partition coefficient (Wildman–Crippen LogP) is 1.76. The van der Waals surface area contributed by atoms with Gasteiger partial charge >= 0.3 is 5.97 Å². The van der Waals surface area contributed by atoms with Gasteiger partial charge < -0.3 is 9.47 Å². The van der Waals surface area contributed by atoms with Gasteiger partial charge in [-0.05, 0) is 18.9 Å². The van der Waals surface area contributed by atoms with Crippen molar-refractivity contribution in [3.8, 4) is 0 Å². The molecule has 0 aromatic heterocycles. The molecule has 3 nitrogen and oxygen atoms in total. The van der Waals surface area contributed by atoms with Crippen LogP contribution < -0.4 is 0 Å². The van der Waals surface area contributed by atoms with Gasteiger partial charge in [0.1, 0.15) is 0 Å². The average Bonchev–Trinajstić information content (AvgIpc) is 2.33. The molecule has 12 heavy (non-hydrogen) atoms. The topological polar surface area (TPSA) is 35.5 Å². The molecule has 0 amide bonds. The fourth-order valence-corrected chi connectivity index (χ4v) is 0.946. The lowest BCUT2D eigenvalue weighted by Crippen LogP contribution is -2.17. The van der Waals surface area contributed by atoms with Crippen LogP contribution in [0.2, 0.25) is 0 Å². The highest BCUT2D eigenvalue weighted by molar-refractivity contribution is 5.81. The summed E-state index contributed by atoms with van der Waals surface area (Å²) in [6.07, 6.45) is 6.89. The molecule has 0 N–H and O–H groups in total. The van der Waals surface area contributed by atoms with Crippen LogP contribution >= 0.6 is 0 Å². The molecule has 1 aliphatic heterocycles. The lowest BCUT2D eigenvalue weighted by atomic mass is 10.2. The third-order valence-corrected chi connectivity index (χ3v) is 1.55. The molecule has 0 fully saturated rings.